The van der Waals surface area contributed by atoms with E-state index in [9.17, 15) is 4.79 Å². The highest BCUT2D eigenvalue weighted by molar-refractivity contribution is 7.98. The third kappa shape index (κ3) is 5.28. The molecule has 0 saturated carbocycles. The topological polar surface area (TPSA) is 49.3 Å². The number of carbonyl (C=O) groups is 1. The Balaban J connectivity index is 2.81. The second-order valence-electron chi connectivity index (χ2n) is 4.65. The number of nitrogens with one attached hydrogen (secondary N) is 1. The van der Waals surface area contributed by atoms with Gasteiger partial charge in [0.25, 0.3) is 5.91 Å². The Bertz CT molecular complexity index is 517. The third-order valence-corrected chi connectivity index (χ3v) is 3.57. The first-order valence-electron chi connectivity index (χ1n) is 6.58. The third-order valence-electron chi connectivity index (χ3n) is 2.93. The van der Waals surface area contributed by atoms with Crippen LogP contribution in [0.15, 0.2) is 18.2 Å². The molecule has 1 aromatic rings. The molecule has 0 fully saturated rings. The van der Waals surface area contributed by atoms with Gasteiger partial charge in [-0.2, -0.15) is 11.8 Å². The molecule has 1 aromatic carbocycles. The van der Waals surface area contributed by atoms with Gasteiger partial charge in [0, 0.05) is 17.2 Å². The molecule has 1 atom stereocenters. The molecule has 3 nitrogen and oxygen atoms in total. The van der Waals surface area contributed by atoms with Crippen molar-refractivity contribution in [2.75, 3.05) is 18.6 Å². The predicted octanol–water partition coefficient (Wildman–Crippen LogP) is 2.21. The molecule has 0 spiro atoms. The Kier molecular flexibility index (Phi) is 7.21. The molecule has 108 valence electrons. The summed E-state index contributed by atoms with van der Waals surface area (Å²) in [5.74, 6) is 6.38. The summed E-state index contributed by atoms with van der Waals surface area (Å²) in [6.45, 7) is 3.74. The van der Waals surface area contributed by atoms with Gasteiger partial charge in [-0.1, -0.05) is 17.9 Å². The fraction of sp³-hybridized carbons (Fsp3) is 0.438. The predicted molar refractivity (Wildman–Crippen MR) is 85.1 cm³/mol. The standard InChI is InChI=1S/C16H21NO2S/c1-12-6-7-14(5-4-9-18)11-15(12)16(19)17-13(2)8-10-20-3/h6-7,11,13,18H,8-10H2,1-3H3,(H,17,19). The molecule has 1 unspecified atom stereocenters. The molecule has 0 bridgehead atoms. The van der Waals surface area contributed by atoms with Crippen LogP contribution in [0.25, 0.3) is 0 Å². The van der Waals surface area contributed by atoms with E-state index < -0.39 is 0 Å². The Hall–Kier alpha value is -1.44. The molecular weight excluding hydrogens is 270 g/mol. The van der Waals surface area contributed by atoms with Gasteiger partial charge < -0.3 is 10.4 Å². The maximum Gasteiger partial charge on any atom is 0.251 e. The Morgan fingerprint density at radius 1 is 1.50 bits per heavy atom. The summed E-state index contributed by atoms with van der Waals surface area (Å²) in [6, 6.07) is 5.66. The van der Waals surface area contributed by atoms with Gasteiger partial charge in [0.1, 0.15) is 6.61 Å². The van der Waals surface area contributed by atoms with Gasteiger partial charge in [-0.25, -0.2) is 0 Å². The number of rotatable bonds is 5. The first-order chi connectivity index (χ1) is 9.58. The minimum absolute atomic E-state index is 0.0660. The Morgan fingerprint density at radius 3 is 2.90 bits per heavy atom. The lowest BCUT2D eigenvalue weighted by Gasteiger charge is -2.14. The van der Waals surface area contributed by atoms with Crippen LogP contribution in [0.1, 0.15) is 34.8 Å². The van der Waals surface area contributed by atoms with Crippen molar-refractivity contribution in [3.8, 4) is 11.8 Å². The van der Waals surface area contributed by atoms with Crippen molar-refractivity contribution in [1.82, 2.24) is 5.32 Å². The molecule has 0 heterocycles. The van der Waals surface area contributed by atoms with Crippen molar-refractivity contribution in [2.45, 2.75) is 26.3 Å². The highest BCUT2D eigenvalue weighted by Crippen LogP contribution is 2.11. The second-order valence-corrected chi connectivity index (χ2v) is 5.63. The maximum atomic E-state index is 12.2. The van der Waals surface area contributed by atoms with Gasteiger partial charge in [-0.15, -0.1) is 0 Å². The molecule has 0 aliphatic carbocycles. The summed E-state index contributed by atoms with van der Waals surface area (Å²) >= 11 is 1.77. The number of thioether (sulfide) groups is 1. The highest BCUT2D eigenvalue weighted by atomic mass is 32.2. The van der Waals surface area contributed by atoms with Crippen molar-refractivity contribution >= 4 is 17.7 Å². The van der Waals surface area contributed by atoms with Crippen LogP contribution in [-0.2, 0) is 0 Å². The van der Waals surface area contributed by atoms with Gasteiger partial charge in [-0.05, 0) is 50.0 Å². The summed E-state index contributed by atoms with van der Waals surface area (Å²) in [6.07, 6.45) is 3.01. The summed E-state index contributed by atoms with van der Waals surface area (Å²) in [7, 11) is 0. The lowest BCUT2D eigenvalue weighted by atomic mass is 10.0. The number of carbonyl (C=O) groups excluding carboxylic acids is 1. The van der Waals surface area contributed by atoms with Crippen LogP contribution in [0.3, 0.4) is 0 Å². The molecule has 0 aliphatic rings. The summed E-state index contributed by atoms with van der Waals surface area (Å²) in [4.78, 5) is 12.2. The normalized spacial score (nSPS) is 11.4. The number of hydrogen-bond acceptors (Lipinski definition) is 3. The molecule has 2 N–H and O–H groups in total. The SMILES string of the molecule is CSCCC(C)NC(=O)c1cc(C#CCO)ccc1C. The fourth-order valence-electron chi connectivity index (χ4n) is 1.75. The molecule has 20 heavy (non-hydrogen) atoms. The van der Waals surface area contributed by atoms with E-state index in [1.54, 1.807) is 17.8 Å². The van der Waals surface area contributed by atoms with Crippen molar-refractivity contribution in [2.24, 2.45) is 0 Å². The first-order valence-corrected chi connectivity index (χ1v) is 7.98. The average molecular weight is 291 g/mol. The average Bonchev–Trinajstić information content (AvgIpc) is 2.44. The van der Waals surface area contributed by atoms with E-state index in [0.29, 0.717) is 5.56 Å². The highest BCUT2D eigenvalue weighted by Gasteiger charge is 2.12. The zero-order chi connectivity index (χ0) is 15.0. The van der Waals surface area contributed by atoms with Crippen molar-refractivity contribution in [3.05, 3.63) is 34.9 Å². The molecule has 0 aliphatic heterocycles. The number of amides is 1. The number of aliphatic hydroxyl groups excluding tert-OH is 1. The van der Waals surface area contributed by atoms with Crippen LogP contribution < -0.4 is 5.32 Å². The molecule has 0 aromatic heterocycles. The van der Waals surface area contributed by atoms with E-state index in [2.05, 4.69) is 23.4 Å². The van der Waals surface area contributed by atoms with Gasteiger partial charge in [0.2, 0.25) is 0 Å². The maximum absolute atomic E-state index is 12.2. The lowest BCUT2D eigenvalue weighted by Crippen LogP contribution is -2.33. The summed E-state index contributed by atoms with van der Waals surface area (Å²) in [5.41, 5.74) is 2.31. The van der Waals surface area contributed by atoms with Gasteiger partial charge in [0.05, 0.1) is 0 Å². The van der Waals surface area contributed by atoms with Crippen LogP contribution in [0.2, 0.25) is 0 Å². The van der Waals surface area contributed by atoms with E-state index in [4.69, 9.17) is 5.11 Å². The zero-order valence-electron chi connectivity index (χ0n) is 12.2. The Labute approximate surface area is 125 Å². The number of hydrogen-bond donors (Lipinski definition) is 2. The van der Waals surface area contributed by atoms with E-state index in [0.717, 1.165) is 23.3 Å². The molecule has 4 heteroatoms. The molecule has 1 amide bonds. The molecule has 0 radical (unpaired) electrons. The molecular formula is C16H21NO2S. The van der Waals surface area contributed by atoms with Crippen LogP contribution in [0.4, 0.5) is 0 Å². The van der Waals surface area contributed by atoms with Crippen molar-refractivity contribution < 1.29 is 9.90 Å². The van der Waals surface area contributed by atoms with E-state index in [-0.39, 0.29) is 18.6 Å². The Morgan fingerprint density at radius 2 is 2.25 bits per heavy atom. The van der Waals surface area contributed by atoms with E-state index in [1.165, 1.54) is 0 Å². The minimum atomic E-state index is -0.179. The van der Waals surface area contributed by atoms with Gasteiger partial charge in [0.15, 0.2) is 0 Å². The zero-order valence-corrected chi connectivity index (χ0v) is 13.0. The van der Waals surface area contributed by atoms with Crippen LogP contribution >= 0.6 is 11.8 Å². The number of aliphatic hydroxyl groups is 1. The molecule has 1 rings (SSSR count). The van der Waals surface area contributed by atoms with Crippen LogP contribution in [0, 0.1) is 18.8 Å². The fourth-order valence-corrected chi connectivity index (χ4v) is 2.34. The summed E-state index contributed by atoms with van der Waals surface area (Å²) < 4.78 is 0. The summed E-state index contributed by atoms with van der Waals surface area (Å²) in [5, 5.41) is 11.7. The monoisotopic (exact) mass is 291 g/mol. The largest absolute Gasteiger partial charge is 0.384 e. The smallest absolute Gasteiger partial charge is 0.251 e. The van der Waals surface area contributed by atoms with Crippen LogP contribution in [0.5, 0.6) is 0 Å². The quantitative estimate of drug-likeness (QED) is 0.818. The van der Waals surface area contributed by atoms with E-state index >= 15 is 0 Å². The number of benzene rings is 1. The second kappa shape index (κ2) is 8.68. The lowest BCUT2D eigenvalue weighted by molar-refractivity contribution is 0.0939. The minimum Gasteiger partial charge on any atom is -0.384 e. The van der Waals surface area contributed by atoms with Crippen molar-refractivity contribution in [1.29, 1.82) is 0 Å². The van der Waals surface area contributed by atoms with Gasteiger partial charge >= 0.3 is 0 Å². The number of aryl methyl sites for hydroxylation is 1. The van der Waals surface area contributed by atoms with Crippen molar-refractivity contribution in [3.63, 3.8) is 0 Å². The van der Waals surface area contributed by atoms with Crippen LogP contribution in [-0.4, -0.2) is 35.7 Å². The molecule has 0 saturated heterocycles. The van der Waals surface area contributed by atoms with E-state index in [1.807, 2.05) is 26.0 Å². The van der Waals surface area contributed by atoms with Gasteiger partial charge in [-0.3, -0.25) is 4.79 Å². The first kappa shape index (κ1) is 16.6.